The fourth-order valence-corrected chi connectivity index (χ4v) is 4.74. The van der Waals surface area contributed by atoms with Crippen molar-refractivity contribution in [3.8, 4) is 17.4 Å². The average molecular weight is 506 g/mol. The highest BCUT2D eigenvalue weighted by Crippen LogP contribution is 2.29. The minimum atomic E-state index is -3.91. The second kappa shape index (κ2) is 11.5. The molecule has 0 bridgehead atoms. The van der Waals surface area contributed by atoms with E-state index in [0.29, 0.717) is 23.1 Å². The molecule has 190 valence electrons. The van der Waals surface area contributed by atoms with Crippen molar-refractivity contribution in [3.05, 3.63) is 42.0 Å². The van der Waals surface area contributed by atoms with E-state index in [0.717, 1.165) is 5.69 Å². The number of nitrogens with zero attached hydrogens (tertiary/aromatic N) is 6. The van der Waals surface area contributed by atoms with Crippen LogP contribution in [0, 0.1) is 6.92 Å². The van der Waals surface area contributed by atoms with Crippen LogP contribution in [0.25, 0.3) is 11.5 Å². The Morgan fingerprint density at radius 3 is 2.34 bits per heavy atom. The molecule has 0 aliphatic rings. The number of anilines is 1. The monoisotopic (exact) mass is 505 g/mol. The van der Waals surface area contributed by atoms with Gasteiger partial charge in [-0.1, -0.05) is 13.0 Å². The highest BCUT2D eigenvalue weighted by atomic mass is 32.2. The van der Waals surface area contributed by atoms with Gasteiger partial charge in [-0.3, -0.25) is 19.3 Å². The zero-order valence-electron chi connectivity index (χ0n) is 20.7. The third kappa shape index (κ3) is 6.10. The number of methoxy groups -OCH3 is 3. The largest absolute Gasteiger partial charge is 0.481 e. The Kier molecular flexibility index (Phi) is 8.70. The fourth-order valence-electron chi connectivity index (χ4n) is 3.48. The molecule has 0 aromatic carbocycles. The molecule has 12 nitrogen and oxygen atoms in total. The fraction of sp³-hybridized carbons (Fsp3) is 0.500. The molecule has 0 amide bonds. The van der Waals surface area contributed by atoms with Gasteiger partial charge < -0.3 is 14.2 Å². The number of pyridine rings is 1. The summed E-state index contributed by atoms with van der Waals surface area (Å²) in [4.78, 5) is 13.0. The summed E-state index contributed by atoms with van der Waals surface area (Å²) in [6, 6.07) is 4.76. The van der Waals surface area contributed by atoms with Gasteiger partial charge in [0.25, 0.3) is 0 Å². The Morgan fingerprint density at radius 1 is 1.03 bits per heavy atom. The number of hydrogen-bond donors (Lipinski definition) is 1. The quantitative estimate of drug-likeness (QED) is 0.389. The number of rotatable bonds is 12. The predicted molar refractivity (Wildman–Crippen MR) is 130 cm³/mol. The Bertz CT molecular complexity index is 1210. The van der Waals surface area contributed by atoms with Crippen molar-refractivity contribution in [3.63, 3.8) is 0 Å². The van der Waals surface area contributed by atoms with Crippen LogP contribution in [0.3, 0.4) is 0 Å². The molecule has 0 aliphatic carbocycles. The predicted octanol–water partition coefficient (Wildman–Crippen LogP) is 2.21. The molecule has 0 saturated heterocycles. The molecule has 3 rings (SSSR count). The van der Waals surface area contributed by atoms with Crippen molar-refractivity contribution in [2.45, 2.75) is 38.0 Å². The van der Waals surface area contributed by atoms with E-state index in [1.54, 1.807) is 63.2 Å². The van der Waals surface area contributed by atoms with Gasteiger partial charge in [0.1, 0.15) is 5.69 Å². The Morgan fingerprint density at radius 2 is 1.74 bits per heavy atom. The van der Waals surface area contributed by atoms with Crippen LogP contribution in [0.4, 0.5) is 5.95 Å². The zero-order chi connectivity index (χ0) is 25.6. The lowest BCUT2D eigenvalue weighted by atomic mass is 10.1. The van der Waals surface area contributed by atoms with E-state index in [-0.39, 0.29) is 19.2 Å². The molecule has 3 heterocycles. The molecule has 0 spiro atoms. The van der Waals surface area contributed by atoms with E-state index in [9.17, 15) is 8.42 Å². The molecule has 1 N–H and O–H groups in total. The minimum absolute atomic E-state index is 0.0257. The maximum atomic E-state index is 13.4. The SMILES string of the molecule is COCC(COC)n1c(NS(=O)(=O)C(C)C(C)c2cnc(C)cn2)nnc1-c1cccc(OC)n1. The summed E-state index contributed by atoms with van der Waals surface area (Å²) < 4.78 is 46.9. The summed E-state index contributed by atoms with van der Waals surface area (Å²) in [7, 11) is 0.700. The molecule has 2 unspecified atom stereocenters. The van der Waals surface area contributed by atoms with Crippen molar-refractivity contribution >= 4 is 16.0 Å². The number of sulfonamides is 1. The third-order valence-electron chi connectivity index (χ3n) is 5.64. The summed E-state index contributed by atoms with van der Waals surface area (Å²) in [6.45, 7) is 5.67. The highest BCUT2D eigenvalue weighted by molar-refractivity contribution is 7.93. The van der Waals surface area contributed by atoms with Gasteiger partial charge in [0.05, 0.1) is 43.0 Å². The first-order chi connectivity index (χ1) is 16.7. The Labute approximate surface area is 205 Å². The Balaban J connectivity index is 2.01. The molecule has 3 aromatic heterocycles. The van der Waals surface area contributed by atoms with E-state index in [1.807, 2.05) is 6.92 Å². The van der Waals surface area contributed by atoms with Crippen LogP contribution in [0.2, 0.25) is 0 Å². The first-order valence-corrected chi connectivity index (χ1v) is 12.5. The molecule has 0 aliphatic heterocycles. The van der Waals surface area contributed by atoms with Crippen LogP contribution in [-0.2, 0) is 19.5 Å². The van der Waals surface area contributed by atoms with Gasteiger partial charge >= 0.3 is 0 Å². The van der Waals surface area contributed by atoms with Crippen LogP contribution >= 0.6 is 0 Å². The van der Waals surface area contributed by atoms with E-state index in [1.165, 1.54) is 7.11 Å². The second-order valence-corrected chi connectivity index (χ2v) is 10.1. The lowest BCUT2D eigenvalue weighted by molar-refractivity contribution is 0.0908. The average Bonchev–Trinajstić information content (AvgIpc) is 3.26. The molecule has 13 heteroatoms. The molecule has 0 saturated carbocycles. The third-order valence-corrected chi connectivity index (χ3v) is 7.49. The summed E-state index contributed by atoms with van der Waals surface area (Å²) in [5, 5.41) is 7.54. The number of aromatic nitrogens is 6. The van der Waals surface area contributed by atoms with E-state index < -0.39 is 27.2 Å². The smallest absolute Gasteiger partial charge is 0.239 e. The van der Waals surface area contributed by atoms with Crippen molar-refractivity contribution in [1.29, 1.82) is 0 Å². The van der Waals surface area contributed by atoms with Gasteiger partial charge in [0, 0.05) is 38.6 Å². The number of ether oxygens (including phenoxy) is 3. The maximum absolute atomic E-state index is 13.4. The number of hydrogen-bond acceptors (Lipinski definition) is 10. The topological polar surface area (TPSA) is 143 Å². The summed E-state index contributed by atoms with van der Waals surface area (Å²) in [6.07, 6.45) is 3.21. The lowest BCUT2D eigenvalue weighted by Gasteiger charge is -2.23. The van der Waals surface area contributed by atoms with Gasteiger partial charge in [-0.2, -0.15) is 0 Å². The van der Waals surface area contributed by atoms with Crippen molar-refractivity contribution in [1.82, 2.24) is 29.7 Å². The second-order valence-electron chi connectivity index (χ2n) is 8.07. The lowest BCUT2D eigenvalue weighted by Crippen LogP contribution is -2.32. The van der Waals surface area contributed by atoms with Crippen molar-refractivity contribution in [2.75, 3.05) is 39.3 Å². The van der Waals surface area contributed by atoms with Crippen LogP contribution in [0.1, 0.15) is 37.2 Å². The zero-order valence-corrected chi connectivity index (χ0v) is 21.5. The van der Waals surface area contributed by atoms with Crippen LogP contribution < -0.4 is 9.46 Å². The van der Waals surface area contributed by atoms with Gasteiger partial charge in [0.2, 0.25) is 21.9 Å². The summed E-state index contributed by atoms with van der Waals surface area (Å²) >= 11 is 0. The Hall–Kier alpha value is -3.16. The van der Waals surface area contributed by atoms with Crippen LogP contribution in [0.15, 0.2) is 30.6 Å². The van der Waals surface area contributed by atoms with E-state index >= 15 is 0 Å². The van der Waals surface area contributed by atoms with Crippen molar-refractivity contribution in [2.24, 2.45) is 0 Å². The number of nitrogens with one attached hydrogen (secondary N) is 1. The number of aryl methyl sites for hydroxylation is 1. The molecule has 0 radical (unpaired) electrons. The van der Waals surface area contributed by atoms with E-state index in [4.69, 9.17) is 14.2 Å². The standard InChI is InChI=1S/C22H31N7O5S/c1-14-10-24-19(11-23-14)15(2)16(3)35(30,31)28-22-27-26-21(18-8-7-9-20(25-18)34-6)29(22)17(12-32-4)13-33-5/h7-11,15-17H,12-13H2,1-6H3,(H,27,28). The van der Waals surface area contributed by atoms with Gasteiger partial charge in [-0.15, -0.1) is 10.2 Å². The highest BCUT2D eigenvalue weighted by Gasteiger charge is 2.32. The van der Waals surface area contributed by atoms with Crippen molar-refractivity contribution < 1.29 is 22.6 Å². The summed E-state index contributed by atoms with van der Waals surface area (Å²) in [5.74, 6) is 0.324. The normalized spacial score (nSPS) is 13.6. The van der Waals surface area contributed by atoms with Gasteiger partial charge in [0.15, 0.2) is 5.82 Å². The molecule has 3 aromatic rings. The van der Waals surface area contributed by atoms with Crippen LogP contribution in [-0.4, -0.2) is 77.9 Å². The molecular formula is C22H31N7O5S. The molecule has 2 atom stereocenters. The summed E-state index contributed by atoms with van der Waals surface area (Å²) in [5.41, 5.74) is 1.78. The van der Waals surface area contributed by atoms with Crippen LogP contribution in [0.5, 0.6) is 5.88 Å². The van der Waals surface area contributed by atoms with Gasteiger partial charge in [-0.05, 0) is 19.9 Å². The van der Waals surface area contributed by atoms with E-state index in [2.05, 4.69) is 29.9 Å². The first kappa shape index (κ1) is 26.4. The minimum Gasteiger partial charge on any atom is -0.481 e. The van der Waals surface area contributed by atoms with Gasteiger partial charge in [-0.25, -0.2) is 13.4 Å². The molecular weight excluding hydrogens is 474 g/mol. The maximum Gasteiger partial charge on any atom is 0.239 e. The molecule has 0 fully saturated rings. The molecule has 35 heavy (non-hydrogen) atoms. The first-order valence-electron chi connectivity index (χ1n) is 11.0.